The highest BCUT2D eigenvalue weighted by Gasteiger charge is 2.18. The van der Waals surface area contributed by atoms with Gasteiger partial charge in [-0.25, -0.2) is 0 Å². The van der Waals surface area contributed by atoms with Crippen LogP contribution < -0.4 is 0 Å². The number of allylic oxidation sites excluding steroid dienone is 3. The van der Waals surface area contributed by atoms with Crippen LogP contribution in [0.15, 0.2) is 53.6 Å². The molecule has 1 rings (SSSR count). The van der Waals surface area contributed by atoms with Crippen molar-refractivity contribution in [3.05, 3.63) is 59.2 Å². The normalized spacial score (nSPS) is 13.8. The van der Waals surface area contributed by atoms with Gasteiger partial charge in [0.2, 0.25) is 0 Å². The molecule has 0 aromatic heterocycles. The van der Waals surface area contributed by atoms with Crippen molar-refractivity contribution >= 4 is 0 Å². The minimum atomic E-state index is 0.132. The quantitative estimate of drug-likeness (QED) is 0.768. The zero-order chi connectivity index (χ0) is 13.6. The van der Waals surface area contributed by atoms with Crippen LogP contribution in [0.1, 0.15) is 39.7 Å². The van der Waals surface area contributed by atoms with Crippen molar-refractivity contribution in [3.8, 4) is 0 Å². The first-order valence-corrected chi connectivity index (χ1v) is 6.46. The van der Waals surface area contributed by atoms with Crippen LogP contribution in [0.3, 0.4) is 0 Å². The van der Waals surface area contributed by atoms with Crippen LogP contribution in [0.25, 0.3) is 0 Å². The molecule has 1 nitrogen and oxygen atoms in total. The Balaban J connectivity index is 2.76. The molecule has 1 aromatic rings. The summed E-state index contributed by atoms with van der Waals surface area (Å²) in [6.45, 7) is 8.68. The molecule has 0 saturated carbocycles. The van der Waals surface area contributed by atoms with Gasteiger partial charge in [-0.3, -0.25) is 0 Å². The summed E-state index contributed by atoms with van der Waals surface area (Å²) in [6.07, 6.45) is 5.28. The molecule has 0 spiro atoms. The lowest BCUT2D eigenvalue weighted by Crippen LogP contribution is -2.15. The average Bonchev–Trinajstić information content (AvgIpc) is 2.37. The Morgan fingerprint density at radius 2 is 1.78 bits per heavy atom. The highest BCUT2D eigenvalue weighted by atomic mass is 16.3. The third-order valence-electron chi connectivity index (χ3n) is 3.21. The molecule has 0 bridgehead atoms. The van der Waals surface area contributed by atoms with Crippen molar-refractivity contribution in [2.75, 3.05) is 6.61 Å². The summed E-state index contributed by atoms with van der Waals surface area (Å²) in [6, 6.07) is 10.6. The maximum Gasteiger partial charge on any atom is 0.0642 e. The molecular formula is C17H24O. The Morgan fingerprint density at radius 1 is 1.17 bits per heavy atom. The summed E-state index contributed by atoms with van der Waals surface area (Å²) >= 11 is 0. The van der Waals surface area contributed by atoms with E-state index in [0.717, 1.165) is 12.0 Å². The maximum atomic E-state index is 8.99. The summed E-state index contributed by atoms with van der Waals surface area (Å²) in [5.74, 6) is 0. The molecule has 0 unspecified atom stereocenters. The van der Waals surface area contributed by atoms with E-state index in [4.69, 9.17) is 5.11 Å². The number of benzene rings is 1. The van der Waals surface area contributed by atoms with Crippen molar-refractivity contribution in [1.29, 1.82) is 0 Å². The van der Waals surface area contributed by atoms with E-state index in [2.05, 4.69) is 51.1 Å². The highest BCUT2D eigenvalue weighted by Crippen LogP contribution is 2.27. The lowest BCUT2D eigenvalue weighted by atomic mass is 9.81. The van der Waals surface area contributed by atoms with Gasteiger partial charge in [-0.2, -0.15) is 0 Å². The lowest BCUT2D eigenvalue weighted by molar-refractivity contribution is 0.331. The van der Waals surface area contributed by atoms with Crippen molar-refractivity contribution < 1.29 is 5.11 Å². The fourth-order valence-corrected chi connectivity index (χ4v) is 1.92. The maximum absolute atomic E-state index is 8.99. The first-order valence-electron chi connectivity index (χ1n) is 6.46. The van der Waals surface area contributed by atoms with Gasteiger partial charge in [0.1, 0.15) is 0 Å². The molecule has 0 saturated heterocycles. The molecule has 0 aliphatic carbocycles. The minimum absolute atomic E-state index is 0.132. The zero-order valence-electron chi connectivity index (χ0n) is 11.9. The van der Waals surface area contributed by atoms with Crippen molar-refractivity contribution in [3.63, 3.8) is 0 Å². The van der Waals surface area contributed by atoms with Crippen molar-refractivity contribution in [2.24, 2.45) is 0 Å². The molecule has 0 heterocycles. The summed E-state index contributed by atoms with van der Waals surface area (Å²) in [5.41, 5.74) is 3.72. The molecule has 0 fully saturated rings. The third-order valence-corrected chi connectivity index (χ3v) is 3.21. The van der Waals surface area contributed by atoms with Gasteiger partial charge in [0, 0.05) is 0 Å². The van der Waals surface area contributed by atoms with Crippen LogP contribution in [0.4, 0.5) is 0 Å². The molecule has 98 valence electrons. The van der Waals surface area contributed by atoms with E-state index in [0.29, 0.717) is 0 Å². The molecule has 1 heteroatoms. The molecule has 0 aliphatic heterocycles. The minimum Gasteiger partial charge on any atom is -0.392 e. The smallest absolute Gasteiger partial charge is 0.0642 e. The number of aliphatic hydroxyl groups excluding tert-OH is 1. The number of hydrogen-bond acceptors (Lipinski definition) is 1. The average molecular weight is 244 g/mol. The van der Waals surface area contributed by atoms with E-state index in [-0.39, 0.29) is 12.0 Å². The molecule has 0 aliphatic rings. The predicted molar refractivity (Wildman–Crippen MR) is 78.7 cm³/mol. The summed E-state index contributed by atoms with van der Waals surface area (Å²) in [5, 5.41) is 8.99. The first-order chi connectivity index (χ1) is 8.45. The van der Waals surface area contributed by atoms with E-state index in [1.54, 1.807) is 0 Å². The summed E-state index contributed by atoms with van der Waals surface area (Å²) in [4.78, 5) is 0. The van der Waals surface area contributed by atoms with Gasteiger partial charge >= 0.3 is 0 Å². The zero-order valence-corrected chi connectivity index (χ0v) is 11.9. The monoisotopic (exact) mass is 244 g/mol. The largest absolute Gasteiger partial charge is 0.392 e. The van der Waals surface area contributed by atoms with Crippen LogP contribution >= 0.6 is 0 Å². The Labute approximate surface area is 111 Å². The van der Waals surface area contributed by atoms with E-state index in [1.165, 1.54) is 11.1 Å². The van der Waals surface area contributed by atoms with Crippen LogP contribution in [-0.2, 0) is 5.41 Å². The lowest BCUT2D eigenvalue weighted by Gasteiger charge is -2.23. The second-order valence-electron chi connectivity index (χ2n) is 5.55. The summed E-state index contributed by atoms with van der Waals surface area (Å²) < 4.78 is 0. The molecule has 0 amide bonds. The molecule has 1 N–H and O–H groups in total. The van der Waals surface area contributed by atoms with Crippen molar-refractivity contribution in [1.82, 2.24) is 0 Å². The molecular weight excluding hydrogens is 220 g/mol. The van der Waals surface area contributed by atoms with Gasteiger partial charge in [0.25, 0.3) is 0 Å². The fraction of sp³-hybridized carbons (Fsp3) is 0.412. The Kier molecular flexibility index (Phi) is 5.36. The molecule has 0 radical (unpaired) electrons. The molecule has 18 heavy (non-hydrogen) atoms. The topological polar surface area (TPSA) is 20.2 Å². The standard InChI is InChI=1S/C17H24O/c1-14(12-15(2)13-18)10-11-17(3,4)16-8-6-5-7-9-16/h5-10,12,18H,11,13H2,1-4H3/b14-10-,15-12-. The van der Waals surface area contributed by atoms with Gasteiger partial charge in [0.05, 0.1) is 6.61 Å². The molecule has 0 atom stereocenters. The number of rotatable bonds is 5. The van der Waals surface area contributed by atoms with E-state index in [9.17, 15) is 0 Å². The summed E-state index contributed by atoms with van der Waals surface area (Å²) in [7, 11) is 0. The Hall–Kier alpha value is -1.34. The van der Waals surface area contributed by atoms with Crippen LogP contribution in [0.5, 0.6) is 0 Å². The number of hydrogen-bond donors (Lipinski definition) is 1. The Morgan fingerprint density at radius 3 is 2.33 bits per heavy atom. The predicted octanol–water partition coefficient (Wildman–Crippen LogP) is 4.24. The second kappa shape index (κ2) is 6.55. The van der Waals surface area contributed by atoms with Gasteiger partial charge in [0.15, 0.2) is 0 Å². The first kappa shape index (κ1) is 14.7. The van der Waals surface area contributed by atoms with E-state index in [1.807, 2.05) is 19.1 Å². The SMILES string of the molecule is CC(=C/CC(C)(C)c1ccccc1)/C=C(/C)CO. The van der Waals surface area contributed by atoms with E-state index < -0.39 is 0 Å². The second-order valence-corrected chi connectivity index (χ2v) is 5.55. The fourth-order valence-electron chi connectivity index (χ4n) is 1.92. The van der Waals surface area contributed by atoms with Gasteiger partial charge in [-0.15, -0.1) is 0 Å². The van der Waals surface area contributed by atoms with E-state index >= 15 is 0 Å². The van der Waals surface area contributed by atoms with Crippen LogP contribution in [0, 0.1) is 0 Å². The van der Waals surface area contributed by atoms with Gasteiger partial charge in [-0.05, 0) is 36.8 Å². The van der Waals surface area contributed by atoms with Gasteiger partial charge < -0.3 is 5.11 Å². The van der Waals surface area contributed by atoms with Crippen LogP contribution in [0.2, 0.25) is 0 Å². The number of aliphatic hydroxyl groups is 1. The Bertz CT molecular complexity index is 424. The highest BCUT2D eigenvalue weighted by molar-refractivity contribution is 5.27. The van der Waals surface area contributed by atoms with Gasteiger partial charge in [-0.1, -0.05) is 61.9 Å². The molecule has 1 aromatic carbocycles. The van der Waals surface area contributed by atoms with Crippen LogP contribution in [-0.4, -0.2) is 11.7 Å². The van der Waals surface area contributed by atoms with Crippen molar-refractivity contribution in [2.45, 2.75) is 39.5 Å². The third kappa shape index (κ3) is 4.50.